The topological polar surface area (TPSA) is 59.2 Å². The van der Waals surface area contributed by atoms with Crippen molar-refractivity contribution in [3.05, 3.63) is 47.9 Å². The van der Waals surface area contributed by atoms with Gasteiger partial charge in [-0.15, -0.1) is 0 Å². The first kappa shape index (κ1) is 10.7. The van der Waals surface area contributed by atoms with Crippen molar-refractivity contribution < 1.29 is 9.21 Å². The summed E-state index contributed by atoms with van der Waals surface area (Å²) in [5.41, 5.74) is 2.82. The highest BCUT2D eigenvalue weighted by Gasteiger charge is 2.43. The van der Waals surface area contributed by atoms with E-state index < -0.39 is 0 Å². The SMILES string of the molecule is O=C(c1ccoc1)N1[C@H]2CC[C@H]1c1cncnc1C2. The first-order chi connectivity index (χ1) is 9.34. The van der Waals surface area contributed by atoms with E-state index >= 15 is 0 Å². The Morgan fingerprint density at radius 1 is 1.42 bits per heavy atom. The van der Waals surface area contributed by atoms with Crippen molar-refractivity contribution in [1.82, 2.24) is 14.9 Å². The van der Waals surface area contributed by atoms with Gasteiger partial charge in [-0.3, -0.25) is 4.79 Å². The minimum absolute atomic E-state index is 0.0516. The molecular formula is C14H13N3O2. The molecule has 96 valence electrons. The third kappa shape index (κ3) is 1.51. The predicted octanol–water partition coefficient (Wildman–Crippen LogP) is 1.97. The van der Waals surface area contributed by atoms with E-state index in [2.05, 4.69) is 9.97 Å². The van der Waals surface area contributed by atoms with Crippen molar-refractivity contribution in [2.75, 3.05) is 0 Å². The molecule has 2 bridgehead atoms. The Labute approximate surface area is 110 Å². The van der Waals surface area contributed by atoms with Gasteiger partial charge in [0.1, 0.15) is 12.6 Å². The van der Waals surface area contributed by atoms with Gasteiger partial charge in [0.05, 0.1) is 23.6 Å². The highest BCUT2D eigenvalue weighted by Crippen LogP contribution is 2.43. The van der Waals surface area contributed by atoms with Gasteiger partial charge in [0, 0.05) is 24.2 Å². The molecule has 0 aromatic carbocycles. The number of carbonyl (C=O) groups excluding carboxylic acids is 1. The largest absolute Gasteiger partial charge is 0.472 e. The smallest absolute Gasteiger partial charge is 0.257 e. The summed E-state index contributed by atoms with van der Waals surface area (Å²) in [5.74, 6) is 0.0516. The Bertz CT molecular complexity index is 623. The summed E-state index contributed by atoms with van der Waals surface area (Å²) in [7, 11) is 0. The molecule has 2 aliphatic rings. The van der Waals surface area contributed by atoms with Crippen LogP contribution in [0.3, 0.4) is 0 Å². The molecule has 0 N–H and O–H groups in total. The zero-order valence-electron chi connectivity index (χ0n) is 10.3. The number of furan rings is 1. The molecule has 1 fully saturated rings. The number of fused-ring (bicyclic) bond motifs is 4. The molecule has 4 heterocycles. The summed E-state index contributed by atoms with van der Waals surface area (Å²) in [6.45, 7) is 0. The van der Waals surface area contributed by atoms with Gasteiger partial charge in [0.25, 0.3) is 5.91 Å². The lowest BCUT2D eigenvalue weighted by Crippen LogP contribution is -2.42. The lowest BCUT2D eigenvalue weighted by atomic mass is 9.98. The molecule has 19 heavy (non-hydrogen) atoms. The van der Waals surface area contributed by atoms with Crippen LogP contribution in [0.25, 0.3) is 0 Å². The van der Waals surface area contributed by atoms with E-state index in [9.17, 15) is 4.79 Å². The van der Waals surface area contributed by atoms with E-state index in [1.165, 1.54) is 12.5 Å². The number of rotatable bonds is 1. The van der Waals surface area contributed by atoms with Crippen molar-refractivity contribution in [2.24, 2.45) is 0 Å². The molecule has 5 heteroatoms. The predicted molar refractivity (Wildman–Crippen MR) is 66.4 cm³/mol. The first-order valence-corrected chi connectivity index (χ1v) is 6.48. The summed E-state index contributed by atoms with van der Waals surface area (Å²) < 4.78 is 5.01. The molecule has 1 amide bonds. The Kier molecular flexibility index (Phi) is 2.21. The van der Waals surface area contributed by atoms with E-state index in [1.807, 2.05) is 11.1 Å². The summed E-state index contributed by atoms with van der Waals surface area (Å²) in [4.78, 5) is 23.0. The quantitative estimate of drug-likeness (QED) is 0.781. The van der Waals surface area contributed by atoms with Gasteiger partial charge in [-0.1, -0.05) is 0 Å². The number of amides is 1. The normalized spacial score (nSPS) is 24.3. The van der Waals surface area contributed by atoms with Crippen LogP contribution in [0.15, 0.2) is 35.5 Å². The van der Waals surface area contributed by atoms with Crippen LogP contribution >= 0.6 is 0 Å². The summed E-state index contributed by atoms with van der Waals surface area (Å²) in [6, 6.07) is 2.10. The number of carbonyl (C=O) groups is 1. The Balaban J connectivity index is 1.75. The van der Waals surface area contributed by atoms with Crippen LogP contribution in [0.4, 0.5) is 0 Å². The highest BCUT2D eigenvalue weighted by molar-refractivity contribution is 5.94. The average molecular weight is 255 g/mol. The van der Waals surface area contributed by atoms with Crippen LogP contribution in [-0.2, 0) is 6.42 Å². The van der Waals surface area contributed by atoms with Gasteiger partial charge in [0.2, 0.25) is 0 Å². The number of nitrogens with zero attached hydrogens (tertiary/aromatic N) is 3. The first-order valence-electron chi connectivity index (χ1n) is 6.48. The third-order valence-corrected chi connectivity index (χ3v) is 4.12. The molecule has 0 aliphatic carbocycles. The van der Waals surface area contributed by atoms with Gasteiger partial charge < -0.3 is 9.32 Å². The van der Waals surface area contributed by atoms with Crippen LogP contribution in [-0.4, -0.2) is 26.8 Å². The Morgan fingerprint density at radius 2 is 2.37 bits per heavy atom. The van der Waals surface area contributed by atoms with E-state index in [-0.39, 0.29) is 18.0 Å². The second-order valence-corrected chi connectivity index (χ2v) is 5.10. The molecule has 2 atom stereocenters. The van der Waals surface area contributed by atoms with Crippen molar-refractivity contribution in [3.63, 3.8) is 0 Å². The van der Waals surface area contributed by atoms with E-state index in [4.69, 9.17) is 4.42 Å². The van der Waals surface area contributed by atoms with Crippen LogP contribution in [0.2, 0.25) is 0 Å². The summed E-state index contributed by atoms with van der Waals surface area (Å²) >= 11 is 0. The molecule has 0 radical (unpaired) electrons. The van der Waals surface area contributed by atoms with Gasteiger partial charge >= 0.3 is 0 Å². The molecule has 0 unspecified atom stereocenters. The zero-order chi connectivity index (χ0) is 12.8. The lowest BCUT2D eigenvalue weighted by Gasteiger charge is -2.35. The molecule has 4 rings (SSSR count). The maximum atomic E-state index is 12.6. The Morgan fingerprint density at radius 3 is 3.21 bits per heavy atom. The third-order valence-electron chi connectivity index (χ3n) is 4.12. The van der Waals surface area contributed by atoms with Crippen molar-refractivity contribution in [3.8, 4) is 0 Å². The molecule has 1 saturated heterocycles. The van der Waals surface area contributed by atoms with Crippen LogP contribution in [0.1, 0.15) is 40.5 Å². The molecule has 5 nitrogen and oxygen atoms in total. The molecule has 0 saturated carbocycles. The van der Waals surface area contributed by atoms with Gasteiger partial charge in [0.15, 0.2) is 0 Å². The van der Waals surface area contributed by atoms with Gasteiger partial charge in [-0.05, 0) is 18.9 Å². The fraction of sp³-hybridized carbons (Fsp3) is 0.357. The van der Waals surface area contributed by atoms with Crippen LogP contribution in [0.5, 0.6) is 0 Å². The zero-order valence-corrected chi connectivity index (χ0v) is 10.3. The molecule has 2 aliphatic heterocycles. The van der Waals surface area contributed by atoms with E-state index in [1.54, 1.807) is 12.4 Å². The molecule has 2 aromatic rings. The van der Waals surface area contributed by atoms with E-state index in [0.717, 1.165) is 30.5 Å². The lowest BCUT2D eigenvalue weighted by molar-refractivity contribution is 0.0643. The monoisotopic (exact) mass is 255 g/mol. The second kappa shape index (κ2) is 3.91. The average Bonchev–Trinajstić information content (AvgIpc) is 3.06. The highest BCUT2D eigenvalue weighted by atomic mass is 16.3. The minimum Gasteiger partial charge on any atom is -0.472 e. The van der Waals surface area contributed by atoms with E-state index in [0.29, 0.717) is 5.56 Å². The fourth-order valence-corrected chi connectivity index (χ4v) is 3.27. The fourth-order valence-electron chi connectivity index (χ4n) is 3.27. The standard InChI is InChI=1S/C14H13N3O2/c18-14(9-3-4-19-7-9)17-10-1-2-13(17)11-6-15-8-16-12(11)5-10/h3-4,6-8,10,13H,1-2,5H2/t10-,13-/m0/s1. The summed E-state index contributed by atoms with van der Waals surface area (Å²) in [5, 5.41) is 0. The second-order valence-electron chi connectivity index (χ2n) is 5.10. The minimum atomic E-state index is 0.0516. The van der Waals surface area contributed by atoms with Crippen LogP contribution < -0.4 is 0 Å². The summed E-state index contributed by atoms with van der Waals surface area (Å²) in [6.07, 6.45) is 9.35. The van der Waals surface area contributed by atoms with Crippen molar-refractivity contribution in [1.29, 1.82) is 0 Å². The number of aromatic nitrogens is 2. The number of hydrogen-bond acceptors (Lipinski definition) is 4. The Hall–Kier alpha value is -2.17. The molecule has 0 spiro atoms. The maximum Gasteiger partial charge on any atom is 0.257 e. The van der Waals surface area contributed by atoms with Crippen molar-refractivity contribution >= 4 is 5.91 Å². The molecule has 2 aromatic heterocycles. The molecular weight excluding hydrogens is 242 g/mol. The van der Waals surface area contributed by atoms with Gasteiger partial charge in [-0.25, -0.2) is 9.97 Å². The van der Waals surface area contributed by atoms with Crippen LogP contribution in [0, 0.1) is 0 Å². The number of hydrogen-bond donors (Lipinski definition) is 0. The maximum absolute atomic E-state index is 12.6. The van der Waals surface area contributed by atoms with Gasteiger partial charge in [-0.2, -0.15) is 0 Å². The van der Waals surface area contributed by atoms with Crippen molar-refractivity contribution in [2.45, 2.75) is 31.3 Å².